The number of urea groups is 1. The molecule has 0 saturated carbocycles. The number of carbonyl (C=O) groups excluding carboxylic acids is 1. The number of aliphatic hydroxyl groups excluding tert-OH is 1. The number of ether oxygens (including phenoxy) is 1. The molecule has 0 aromatic heterocycles. The lowest BCUT2D eigenvalue weighted by Gasteiger charge is -2.34. The number of piperidine rings is 1. The Labute approximate surface area is 119 Å². The van der Waals surface area contributed by atoms with Gasteiger partial charge in [-0.25, -0.2) is 4.79 Å². The molecule has 1 fully saturated rings. The van der Waals surface area contributed by atoms with Crippen LogP contribution in [0.15, 0.2) is 24.3 Å². The fourth-order valence-corrected chi connectivity index (χ4v) is 2.27. The number of anilines is 1. The second-order valence-electron chi connectivity index (χ2n) is 5.17. The number of rotatable bonds is 3. The van der Waals surface area contributed by atoms with Crippen molar-refractivity contribution in [3.63, 3.8) is 0 Å². The van der Waals surface area contributed by atoms with E-state index < -0.39 is 6.10 Å². The Kier molecular flexibility index (Phi) is 4.84. The summed E-state index contributed by atoms with van der Waals surface area (Å²) >= 11 is 0. The molecule has 2 N–H and O–H groups in total. The van der Waals surface area contributed by atoms with Gasteiger partial charge in [-0.05, 0) is 31.4 Å². The SMILES string of the molecule is CCOc1cccc(NC(=O)N2CCC(C)C(O)C2)c1. The summed E-state index contributed by atoms with van der Waals surface area (Å²) in [5, 5.41) is 12.7. The summed E-state index contributed by atoms with van der Waals surface area (Å²) in [4.78, 5) is 13.8. The molecule has 0 spiro atoms. The van der Waals surface area contributed by atoms with E-state index in [9.17, 15) is 9.90 Å². The zero-order valence-electron chi connectivity index (χ0n) is 12.0. The van der Waals surface area contributed by atoms with Gasteiger partial charge >= 0.3 is 6.03 Å². The maximum Gasteiger partial charge on any atom is 0.321 e. The molecule has 1 saturated heterocycles. The van der Waals surface area contributed by atoms with Gasteiger partial charge in [0.05, 0.1) is 12.7 Å². The normalized spacial score (nSPS) is 22.4. The maximum atomic E-state index is 12.2. The van der Waals surface area contributed by atoms with Gasteiger partial charge in [0, 0.05) is 24.8 Å². The van der Waals surface area contributed by atoms with Gasteiger partial charge in [0.2, 0.25) is 0 Å². The molecular weight excluding hydrogens is 256 g/mol. The fourth-order valence-electron chi connectivity index (χ4n) is 2.27. The highest BCUT2D eigenvalue weighted by Crippen LogP contribution is 2.20. The van der Waals surface area contributed by atoms with Gasteiger partial charge in [-0.1, -0.05) is 13.0 Å². The average molecular weight is 278 g/mol. The largest absolute Gasteiger partial charge is 0.494 e. The van der Waals surface area contributed by atoms with Crippen LogP contribution in [-0.4, -0.2) is 41.8 Å². The molecule has 2 unspecified atom stereocenters. The molecule has 2 atom stereocenters. The molecule has 0 bridgehead atoms. The number of benzene rings is 1. The van der Waals surface area contributed by atoms with E-state index in [1.54, 1.807) is 11.0 Å². The first-order chi connectivity index (χ1) is 9.60. The van der Waals surface area contributed by atoms with Gasteiger partial charge in [0.1, 0.15) is 5.75 Å². The molecule has 1 aromatic carbocycles. The number of nitrogens with zero attached hydrogens (tertiary/aromatic N) is 1. The first-order valence-corrected chi connectivity index (χ1v) is 7.07. The van der Waals surface area contributed by atoms with E-state index in [0.717, 1.165) is 12.2 Å². The number of β-amino-alcohol motifs (C(OH)–C–C–N with tert-alkyl or cyclic N) is 1. The summed E-state index contributed by atoms with van der Waals surface area (Å²) in [7, 11) is 0. The summed E-state index contributed by atoms with van der Waals surface area (Å²) in [5.41, 5.74) is 0.703. The Morgan fingerprint density at radius 2 is 2.35 bits per heavy atom. The number of hydrogen-bond donors (Lipinski definition) is 2. The Morgan fingerprint density at radius 3 is 3.05 bits per heavy atom. The number of nitrogens with one attached hydrogen (secondary N) is 1. The molecule has 2 rings (SSSR count). The highest BCUT2D eigenvalue weighted by Gasteiger charge is 2.27. The molecule has 1 aromatic rings. The first-order valence-electron chi connectivity index (χ1n) is 7.07. The smallest absolute Gasteiger partial charge is 0.321 e. The van der Waals surface area contributed by atoms with Crippen molar-refractivity contribution >= 4 is 11.7 Å². The standard InChI is InChI=1S/C15H22N2O3/c1-3-20-13-6-4-5-12(9-13)16-15(19)17-8-7-11(2)14(18)10-17/h4-6,9,11,14,18H,3,7-8,10H2,1-2H3,(H,16,19). The van der Waals surface area contributed by atoms with Crippen LogP contribution >= 0.6 is 0 Å². The van der Waals surface area contributed by atoms with Crippen molar-refractivity contribution in [2.45, 2.75) is 26.4 Å². The van der Waals surface area contributed by atoms with Gasteiger partial charge in [-0.2, -0.15) is 0 Å². The average Bonchev–Trinajstić information content (AvgIpc) is 2.42. The van der Waals surface area contributed by atoms with Gasteiger partial charge in [-0.3, -0.25) is 0 Å². The van der Waals surface area contributed by atoms with Crippen LogP contribution in [0.5, 0.6) is 5.75 Å². The lowest BCUT2D eigenvalue weighted by atomic mass is 9.96. The van der Waals surface area contributed by atoms with Gasteiger partial charge in [0.25, 0.3) is 0 Å². The van der Waals surface area contributed by atoms with Crippen LogP contribution in [0.2, 0.25) is 0 Å². The number of aliphatic hydroxyl groups is 1. The Bertz CT molecular complexity index is 464. The van der Waals surface area contributed by atoms with Gasteiger partial charge in [0.15, 0.2) is 0 Å². The number of hydrogen-bond acceptors (Lipinski definition) is 3. The molecule has 1 aliphatic rings. The second-order valence-corrected chi connectivity index (χ2v) is 5.17. The minimum atomic E-state index is -0.441. The summed E-state index contributed by atoms with van der Waals surface area (Å²) in [6.07, 6.45) is 0.386. The highest BCUT2D eigenvalue weighted by molar-refractivity contribution is 5.89. The molecule has 110 valence electrons. The van der Waals surface area contributed by atoms with Crippen molar-refractivity contribution < 1.29 is 14.6 Å². The van der Waals surface area contributed by atoms with Crippen LogP contribution in [0.4, 0.5) is 10.5 Å². The summed E-state index contributed by atoms with van der Waals surface area (Å²) < 4.78 is 5.40. The maximum absolute atomic E-state index is 12.2. The summed E-state index contributed by atoms with van der Waals surface area (Å²) in [6.45, 7) is 5.58. The van der Waals surface area contributed by atoms with Crippen molar-refractivity contribution in [3.8, 4) is 5.75 Å². The number of carbonyl (C=O) groups is 1. The highest BCUT2D eigenvalue weighted by atomic mass is 16.5. The van der Waals surface area contributed by atoms with E-state index in [-0.39, 0.29) is 11.9 Å². The minimum Gasteiger partial charge on any atom is -0.494 e. The third kappa shape index (κ3) is 3.63. The Balaban J connectivity index is 1.95. The van der Waals surface area contributed by atoms with Crippen LogP contribution in [0.3, 0.4) is 0 Å². The Morgan fingerprint density at radius 1 is 1.55 bits per heavy atom. The van der Waals surface area contributed by atoms with E-state index in [2.05, 4.69) is 5.32 Å². The van der Waals surface area contributed by atoms with Crippen molar-refractivity contribution in [1.82, 2.24) is 4.90 Å². The molecule has 1 heterocycles. The summed E-state index contributed by atoms with van der Waals surface area (Å²) in [5.74, 6) is 0.984. The van der Waals surface area contributed by atoms with Gasteiger partial charge < -0.3 is 20.1 Å². The Hall–Kier alpha value is -1.75. The van der Waals surface area contributed by atoms with Crippen molar-refractivity contribution in [2.75, 3.05) is 25.0 Å². The zero-order chi connectivity index (χ0) is 14.5. The van der Waals surface area contributed by atoms with Crippen LogP contribution in [0.1, 0.15) is 20.3 Å². The molecule has 20 heavy (non-hydrogen) atoms. The van der Waals surface area contributed by atoms with Crippen LogP contribution in [0.25, 0.3) is 0 Å². The monoisotopic (exact) mass is 278 g/mol. The van der Waals surface area contributed by atoms with E-state index >= 15 is 0 Å². The quantitative estimate of drug-likeness (QED) is 0.892. The molecule has 2 amide bonds. The van der Waals surface area contributed by atoms with Crippen LogP contribution in [-0.2, 0) is 0 Å². The third-order valence-electron chi connectivity index (χ3n) is 3.60. The number of amides is 2. The predicted molar refractivity (Wildman–Crippen MR) is 78.0 cm³/mol. The topological polar surface area (TPSA) is 61.8 Å². The van der Waals surface area contributed by atoms with E-state index in [0.29, 0.717) is 25.4 Å². The van der Waals surface area contributed by atoms with Crippen molar-refractivity contribution in [3.05, 3.63) is 24.3 Å². The van der Waals surface area contributed by atoms with E-state index in [1.807, 2.05) is 32.0 Å². The predicted octanol–water partition coefficient (Wildman–Crippen LogP) is 2.32. The summed E-state index contributed by atoms with van der Waals surface area (Å²) in [6, 6.07) is 7.14. The fraction of sp³-hybridized carbons (Fsp3) is 0.533. The van der Waals surface area contributed by atoms with E-state index in [4.69, 9.17) is 4.74 Å². The third-order valence-corrected chi connectivity index (χ3v) is 3.60. The zero-order valence-corrected chi connectivity index (χ0v) is 12.0. The van der Waals surface area contributed by atoms with Gasteiger partial charge in [-0.15, -0.1) is 0 Å². The second kappa shape index (κ2) is 6.61. The first kappa shape index (κ1) is 14.7. The lowest BCUT2D eigenvalue weighted by molar-refractivity contribution is 0.0464. The number of likely N-dealkylation sites (tertiary alicyclic amines) is 1. The molecule has 0 aliphatic carbocycles. The van der Waals surface area contributed by atoms with E-state index in [1.165, 1.54) is 0 Å². The lowest BCUT2D eigenvalue weighted by Crippen LogP contribution is -2.47. The van der Waals surface area contributed by atoms with Crippen LogP contribution in [0, 0.1) is 5.92 Å². The van der Waals surface area contributed by atoms with Crippen molar-refractivity contribution in [1.29, 1.82) is 0 Å². The minimum absolute atomic E-state index is 0.176. The molecular formula is C15H22N2O3. The van der Waals surface area contributed by atoms with Crippen molar-refractivity contribution in [2.24, 2.45) is 5.92 Å². The molecule has 0 radical (unpaired) electrons. The molecule has 5 heteroatoms. The molecule has 5 nitrogen and oxygen atoms in total. The molecule has 1 aliphatic heterocycles. The van der Waals surface area contributed by atoms with Crippen LogP contribution < -0.4 is 10.1 Å².